The molecule has 27 heavy (non-hydrogen) atoms. The van der Waals surface area contributed by atoms with E-state index in [1.165, 1.54) is 0 Å². The van der Waals surface area contributed by atoms with Crippen LogP contribution in [0.2, 0.25) is 5.02 Å². The van der Waals surface area contributed by atoms with Gasteiger partial charge in [0.25, 0.3) is 0 Å². The number of para-hydroxylation sites is 1. The minimum atomic E-state index is -4.49. The Kier molecular flexibility index (Phi) is 5.92. The Bertz CT molecular complexity index is 791. The molecule has 0 unspecified atom stereocenters. The van der Waals surface area contributed by atoms with E-state index in [0.29, 0.717) is 13.1 Å². The molecule has 1 fully saturated rings. The smallest absolute Gasteiger partial charge is 0.369 e. The van der Waals surface area contributed by atoms with Gasteiger partial charge in [-0.1, -0.05) is 29.8 Å². The molecule has 0 saturated carbocycles. The van der Waals surface area contributed by atoms with E-state index in [4.69, 9.17) is 11.6 Å². The summed E-state index contributed by atoms with van der Waals surface area (Å²) in [7, 11) is 0. The summed E-state index contributed by atoms with van der Waals surface area (Å²) in [6, 6.07) is 12.9. The monoisotopic (exact) mass is 397 g/mol. The maximum Gasteiger partial charge on any atom is 0.416 e. The van der Waals surface area contributed by atoms with Gasteiger partial charge in [0, 0.05) is 31.9 Å². The molecule has 1 saturated heterocycles. The molecule has 0 spiro atoms. The lowest BCUT2D eigenvalue weighted by Crippen LogP contribution is -2.48. The van der Waals surface area contributed by atoms with E-state index in [1.54, 1.807) is 0 Å². The van der Waals surface area contributed by atoms with Gasteiger partial charge < -0.3 is 10.2 Å². The average molecular weight is 398 g/mol. The molecular weight excluding hydrogens is 379 g/mol. The normalized spacial score (nSPS) is 15.6. The number of carbonyl (C=O) groups excluding carboxylic acids is 1. The standard InChI is InChI=1S/C19H19ClF3N3O/c20-16-7-6-14(19(21,22)23)12-17(16)24-18(27)13-25-8-10-26(11-9-25)15-4-2-1-3-5-15/h1-7,12H,8-11,13H2,(H,24,27). The summed E-state index contributed by atoms with van der Waals surface area (Å²) in [5, 5.41) is 2.56. The molecule has 144 valence electrons. The fraction of sp³-hybridized carbons (Fsp3) is 0.316. The first-order chi connectivity index (χ1) is 12.8. The van der Waals surface area contributed by atoms with Crippen molar-refractivity contribution in [2.45, 2.75) is 6.18 Å². The van der Waals surface area contributed by atoms with Crippen molar-refractivity contribution in [1.29, 1.82) is 0 Å². The van der Waals surface area contributed by atoms with Crippen LogP contribution in [0.5, 0.6) is 0 Å². The van der Waals surface area contributed by atoms with E-state index in [0.717, 1.165) is 37.0 Å². The number of piperazine rings is 1. The number of nitrogens with one attached hydrogen (secondary N) is 1. The number of halogens is 4. The number of rotatable bonds is 4. The molecule has 0 aromatic heterocycles. The van der Waals surface area contributed by atoms with E-state index >= 15 is 0 Å². The highest BCUT2D eigenvalue weighted by molar-refractivity contribution is 6.33. The summed E-state index contributed by atoms with van der Waals surface area (Å²) in [5.41, 5.74) is 0.260. The lowest BCUT2D eigenvalue weighted by Gasteiger charge is -2.35. The van der Waals surface area contributed by atoms with E-state index in [1.807, 2.05) is 35.2 Å². The van der Waals surface area contributed by atoms with Crippen molar-refractivity contribution in [3.05, 3.63) is 59.1 Å². The molecule has 0 radical (unpaired) electrons. The van der Waals surface area contributed by atoms with Gasteiger partial charge in [0.05, 0.1) is 22.8 Å². The number of carbonyl (C=O) groups is 1. The predicted octanol–water partition coefficient (Wildman–Crippen LogP) is 4.12. The van der Waals surface area contributed by atoms with Gasteiger partial charge in [-0.15, -0.1) is 0 Å². The average Bonchev–Trinajstić information content (AvgIpc) is 2.64. The zero-order valence-electron chi connectivity index (χ0n) is 14.5. The summed E-state index contributed by atoms with van der Waals surface area (Å²) in [6.07, 6.45) is -4.49. The SMILES string of the molecule is O=C(CN1CCN(c2ccccc2)CC1)Nc1cc(C(F)(F)F)ccc1Cl. The van der Waals surface area contributed by atoms with Gasteiger partial charge in [0.2, 0.25) is 5.91 Å². The molecule has 1 aliphatic heterocycles. The van der Waals surface area contributed by atoms with E-state index in [9.17, 15) is 18.0 Å². The zero-order valence-corrected chi connectivity index (χ0v) is 15.2. The number of benzene rings is 2. The Labute approximate surface area is 160 Å². The third-order valence-electron chi connectivity index (χ3n) is 4.43. The molecule has 2 aromatic rings. The second-order valence-electron chi connectivity index (χ2n) is 6.34. The van der Waals surface area contributed by atoms with E-state index in [2.05, 4.69) is 10.2 Å². The number of amides is 1. The first kappa shape index (κ1) is 19.5. The first-order valence-electron chi connectivity index (χ1n) is 8.52. The minimum Gasteiger partial charge on any atom is -0.369 e. The van der Waals surface area contributed by atoms with Crippen LogP contribution in [0.3, 0.4) is 0 Å². The summed E-state index contributed by atoms with van der Waals surface area (Å²) in [5.74, 6) is -0.385. The van der Waals surface area contributed by atoms with E-state index in [-0.39, 0.29) is 23.2 Å². The summed E-state index contributed by atoms with van der Waals surface area (Å²) in [4.78, 5) is 16.4. The van der Waals surface area contributed by atoms with Gasteiger partial charge in [-0.05, 0) is 30.3 Å². The Morgan fingerprint density at radius 3 is 2.33 bits per heavy atom. The van der Waals surface area contributed by atoms with E-state index < -0.39 is 11.7 Å². The van der Waals surface area contributed by atoms with Crippen LogP contribution >= 0.6 is 11.6 Å². The van der Waals surface area contributed by atoms with Crippen molar-refractivity contribution < 1.29 is 18.0 Å². The topological polar surface area (TPSA) is 35.6 Å². The fourth-order valence-electron chi connectivity index (χ4n) is 2.99. The molecule has 4 nitrogen and oxygen atoms in total. The largest absolute Gasteiger partial charge is 0.416 e. The zero-order chi connectivity index (χ0) is 19.4. The number of hydrogen-bond donors (Lipinski definition) is 1. The molecule has 8 heteroatoms. The van der Waals surface area contributed by atoms with Gasteiger partial charge in [0.15, 0.2) is 0 Å². The molecule has 1 aliphatic rings. The summed E-state index contributed by atoms with van der Waals surface area (Å²) >= 11 is 5.92. The second-order valence-corrected chi connectivity index (χ2v) is 6.75. The van der Waals surface area contributed by atoms with Crippen molar-refractivity contribution in [3.63, 3.8) is 0 Å². The Balaban J connectivity index is 1.55. The highest BCUT2D eigenvalue weighted by atomic mass is 35.5. The molecule has 0 bridgehead atoms. The molecule has 2 aromatic carbocycles. The van der Waals surface area contributed by atoms with Gasteiger partial charge in [-0.25, -0.2) is 0 Å². The van der Waals surface area contributed by atoms with Crippen LogP contribution in [0.4, 0.5) is 24.5 Å². The maximum absolute atomic E-state index is 12.8. The predicted molar refractivity (Wildman–Crippen MR) is 100 cm³/mol. The number of alkyl halides is 3. The summed E-state index contributed by atoms with van der Waals surface area (Å²) < 4.78 is 38.5. The molecule has 1 amide bonds. The van der Waals surface area contributed by atoms with Crippen molar-refractivity contribution in [2.24, 2.45) is 0 Å². The third-order valence-corrected chi connectivity index (χ3v) is 4.76. The fourth-order valence-corrected chi connectivity index (χ4v) is 3.16. The lowest BCUT2D eigenvalue weighted by molar-refractivity contribution is -0.137. The quantitative estimate of drug-likeness (QED) is 0.843. The van der Waals surface area contributed by atoms with Crippen LogP contribution in [0, 0.1) is 0 Å². The number of nitrogens with zero attached hydrogens (tertiary/aromatic N) is 2. The van der Waals surface area contributed by atoms with Crippen molar-refractivity contribution >= 4 is 28.9 Å². The van der Waals surface area contributed by atoms with Crippen molar-refractivity contribution in [3.8, 4) is 0 Å². The Morgan fingerprint density at radius 1 is 1.04 bits per heavy atom. The molecule has 0 aliphatic carbocycles. The van der Waals surface area contributed by atoms with Gasteiger partial charge in [-0.3, -0.25) is 9.69 Å². The van der Waals surface area contributed by atoms with Crippen LogP contribution in [0.1, 0.15) is 5.56 Å². The molecule has 0 atom stereocenters. The number of anilines is 2. The van der Waals surface area contributed by atoms with Crippen LogP contribution in [-0.4, -0.2) is 43.5 Å². The highest BCUT2D eigenvalue weighted by Gasteiger charge is 2.31. The van der Waals surface area contributed by atoms with Crippen LogP contribution in [0.25, 0.3) is 0 Å². The van der Waals surface area contributed by atoms with Gasteiger partial charge in [-0.2, -0.15) is 13.2 Å². The third kappa shape index (κ3) is 5.14. The van der Waals surface area contributed by atoms with Gasteiger partial charge >= 0.3 is 6.18 Å². The number of hydrogen-bond acceptors (Lipinski definition) is 3. The minimum absolute atomic E-state index is 0.0283. The molecule has 1 N–H and O–H groups in total. The van der Waals surface area contributed by atoms with Crippen LogP contribution in [-0.2, 0) is 11.0 Å². The maximum atomic E-state index is 12.8. The molecule has 1 heterocycles. The van der Waals surface area contributed by atoms with Crippen LogP contribution < -0.4 is 10.2 Å². The first-order valence-corrected chi connectivity index (χ1v) is 8.90. The highest BCUT2D eigenvalue weighted by Crippen LogP contribution is 2.33. The van der Waals surface area contributed by atoms with Crippen molar-refractivity contribution in [2.75, 3.05) is 42.9 Å². The van der Waals surface area contributed by atoms with Crippen molar-refractivity contribution in [1.82, 2.24) is 4.90 Å². The van der Waals surface area contributed by atoms with Crippen LogP contribution in [0.15, 0.2) is 48.5 Å². The Hall–Kier alpha value is -2.25. The van der Waals surface area contributed by atoms with Gasteiger partial charge in [0.1, 0.15) is 0 Å². The molecule has 3 rings (SSSR count). The second kappa shape index (κ2) is 8.19. The Morgan fingerprint density at radius 2 is 1.70 bits per heavy atom. The summed E-state index contributed by atoms with van der Waals surface area (Å²) in [6.45, 7) is 3.05. The lowest BCUT2D eigenvalue weighted by atomic mass is 10.2. The molecular formula is C19H19ClF3N3O.